The number of amides is 1. The lowest BCUT2D eigenvalue weighted by molar-refractivity contribution is 0.0989. The van der Waals surface area contributed by atoms with Gasteiger partial charge >= 0.3 is 11.8 Å². The highest BCUT2D eigenvalue weighted by atomic mass is 16.6. The Morgan fingerprint density at radius 2 is 2.00 bits per heavy atom. The lowest BCUT2D eigenvalue weighted by atomic mass is 10.2. The fraction of sp³-hybridized carbons (Fsp3) is 0.250. The van der Waals surface area contributed by atoms with Gasteiger partial charge in [0.2, 0.25) is 5.89 Å². The van der Waals surface area contributed by atoms with Crippen molar-refractivity contribution in [3.8, 4) is 11.5 Å². The number of carbonyl (C=O) groups is 1. The fourth-order valence-corrected chi connectivity index (χ4v) is 1.69. The first-order valence-corrected chi connectivity index (χ1v) is 5.73. The quantitative estimate of drug-likeness (QED) is 0.879. The summed E-state index contributed by atoms with van der Waals surface area (Å²) in [5.41, 5.74) is 0.574. The molecule has 0 fully saturated rings. The van der Waals surface area contributed by atoms with Crippen LogP contribution in [-0.4, -0.2) is 29.3 Å². The minimum atomic E-state index is -0.461. The van der Waals surface area contributed by atoms with Crippen molar-refractivity contribution < 1.29 is 18.7 Å². The van der Waals surface area contributed by atoms with E-state index in [0.29, 0.717) is 36.3 Å². The molecule has 7 nitrogen and oxygen atoms in total. The molecule has 0 aliphatic carbocycles. The Kier molecular flexibility index (Phi) is 2.79. The number of anilines is 1. The van der Waals surface area contributed by atoms with Crippen LogP contribution in [0.3, 0.4) is 0 Å². The molecule has 0 radical (unpaired) electrons. The van der Waals surface area contributed by atoms with Gasteiger partial charge in [0, 0.05) is 18.7 Å². The third-order valence-corrected chi connectivity index (χ3v) is 2.52. The first-order chi connectivity index (χ1) is 9.22. The van der Waals surface area contributed by atoms with Crippen molar-refractivity contribution in [2.75, 3.05) is 18.5 Å². The molecule has 0 bridgehead atoms. The minimum absolute atomic E-state index is 0.0765. The van der Waals surface area contributed by atoms with Gasteiger partial charge in [0.05, 0.1) is 0 Å². The van der Waals surface area contributed by atoms with E-state index in [0.717, 1.165) is 0 Å². The van der Waals surface area contributed by atoms with Crippen molar-refractivity contribution in [2.24, 2.45) is 0 Å². The normalized spacial score (nSPS) is 13.1. The lowest BCUT2D eigenvalue weighted by Gasteiger charge is -2.18. The highest BCUT2D eigenvalue weighted by Crippen LogP contribution is 2.32. The van der Waals surface area contributed by atoms with Gasteiger partial charge in [0.15, 0.2) is 11.5 Å². The van der Waals surface area contributed by atoms with Crippen molar-refractivity contribution in [3.05, 3.63) is 30.0 Å². The molecular formula is C12H11N3O4. The van der Waals surface area contributed by atoms with E-state index in [4.69, 9.17) is 13.9 Å². The monoisotopic (exact) mass is 261 g/mol. The highest BCUT2D eigenvalue weighted by Gasteiger charge is 2.16. The average molecular weight is 261 g/mol. The number of rotatable bonds is 2. The molecule has 1 aromatic heterocycles. The summed E-state index contributed by atoms with van der Waals surface area (Å²) in [6.45, 7) is 2.64. The second kappa shape index (κ2) is 4.60. The molecule has 0 unspecified atom stereocenters. The third kappa shape index (κ3) is 2.35. The summed E-state index contributed by atoms with van der Waals surface area (Å²) in [7, 11) is 0. The zero-order chi connectivity index (χ0) is 13.2. The molecule has 1 amide bonds. The van der Waals surface area contributed by atoms with E-state index in [-0.39, 0.29) is 5.89 Å². The molecule has 0 saturated heterocycles. The SMILES string of the molecule is Cc1nnc(C(=O)Nc2ccc3c(c2)OCCO3)o1. The number of carbonyl (C=O) groups excluding carboxylic acids is 1. The average Bonchev–Trinajstić information content (AvgIpc) is 2.85. The van der Waals surface area contributed by atoms with Crippen molar-refractivity contribution in [1.29, 1.82) is 0 Å². The van der Waals surface area contributed by atoms with Gasteiger partial charge in [-0.25, -0.2) is 0 Å². The molecule has 3 rings (SSSR count). The lowest BCUT2D eigenvalue weighted by Crippen LogP contribution is -2.16. The van der Waals surface area contributed by atoms with Crippen LogP contribution in [0.5, 0.6) is 11.5 Å². The Morgan fingerprint density at radius 1 is 1.21 bits per heavy atom. The summed E-state index contributed by atoms with van der Waals surface area (Å²) in [6, 6.07) is 5.15. The molecule has 0 saturated carbocycles. The summed E-state index contributed by atoms with van der Waals surface area (Å²) in [5.74, 6) is 1.07. The van der Waals surface area contributed by atoms with Gasteiger partial charge in [-0.1, -0.05) is 0 Å². The topological polar surface area (TPSA) is 86.5 Å². The van der Waals surface area contributed by atoms with Crippen LogP contribution >= 0.6 is 0 Å². The van der Waals surface area contributed by atoms with Crippen molar-refractivity contribution in [1.82, 2.24) is 10.2 Å². The van der Waals surface area contributed by atoms with E-state index < -0.39 is 5.91 Å². The smallest absolute Gasteiger partial charge is 0.313 e. The number of aromatic nitrogens is 2. The first kappa shape index (κ1) is 11.5. The molecule has 19 heavy (non-hydrogen) atoms. The van der Waals surface area contributed by atoms with Gasteiger partial charge in [0.25, 0.3) is 0 Å². The van der Waals surface area contributed by atoms with E-state index in [1.165, 1.54) is 0 Å². The number of ether oxygens (including phenoxy) is 2. The number of nitrogens with one attached hydrogen (secondary N) is 1. The highest BCUT2D eigenvalue weighted by molar-refractivity contribution is 6.00. The molecule has 0 atom stereocenters. The molecular weight excluding hydrogens is 250 g/mol. The standard InChI is InChI=1S/C12H11N3O4/c1-7-14-15-12(19-7)11(16)13-8-2-3-9-10(6-8)18-5-4-17-9/h2-3,6H,4-5H2,1H3,(H,13,16). The van der Waals surface area contributed by atoms with E-state index in [1.807, 2.05) is 0 Å². The van der Waals surface area contributed by atoms with Crippen LogP contribution in [0.1, 0.15) is 16.6 Å². The summed E-state index contributed by atoms with van der Waals surface area (Å²) in [6.07, 6.45) is 0. The number of hydrogen-bond acceptors (Lipinski definition) is 6. The van der Waals surface area contributed by atoms with Crippen LogP contribution in [-0.2, 0) is 0 Å². The van der Waals surface area contributed by atoms with Crippen LogP contribution in [0, 0.1) is 6.92 Å². The van der Waals surface area contributed by atoms with E-state index in [2.05, 4.69) is 15.5 Å². The maximum Gasteiger partial charge on any atom is 0.313 e. The molecule has 2 aromatic rings. The second-order valence-corrected chi connectivity index (χ2v) is 3.94. The van der Waals surface area contributed by atoms with Gasteiger partial charge in [0.1, 0.15) is 13.2 Å². The Morgan fingerprint density at radius 3 is 2.74 bits per heavy atom. The van der Waals surface area contributed by atoms with Crippen LogP contribution in [0.2, 0.25) is 0 Å². The number of fused-ring (bicyclic) bond motifs is 1. The molecule has 98 valence electrons. The predicted octanol–water partition coefficient (Wildman–Crippen LogP) is 1.40. The van der Waals surface area contributed by atoms with Crippen molar-refractivity contribution in [3.63, 3.8) is 0 Å². The number of nitrogens with zero attached hydrogens (tertiary/aromatic N) is 2. The first-order valence-electron chi connectivity index (χ1n) is 5.73. The Labute approximate surface area is 108 Å². The number of hydrogen-bond donors (Lipinski definition) is 1. The van der Waals surface area contributed by atoms with Gasteiger partial charge in [-0.05, 0) is 12.1 Å². The molecule has 1 N–H and O–H groups in total. The zero-order valence-corrected chi connectivity index (χ0v) is 10.2. The summed E-state index contributed by atoms with van der Waals surface area (Å²) in [4.78, 5) is 11.8. The van der Waals surface area contributed by atoms with Gasteiger partial charge in [-0.15, -0.1) is 10.2 Å². The van der Waals surface area contributed by atoms with E-state index in [1.54, 1.807) is 25.1 Å². The summed E-state index contributed by atoms with van der Waals surface area (Å²) in [5, 5.41) is 9.89. The van der Waals surface area contributed by atoms with Crippen molar-refractivity contribution in [2.45, 2.75) is 6.92 Å². The van der Waals surface area contributed by atoms with Gasteiger partial charge < -0.3 is 19.2 Å². The van der Waals surface area contributed by atoms with Crippen LogP contribution in [0.15, 0.2) is 22.6 Å². The maximum absolute atomic E-state index is 11.8. The summed E-state index contributed by atoms with van der Waals surface area (Å²) >= 11 is 0. The van der Waals surface area contributed by atoms with Crippen LogP contribution < -0.4 is 14.8 Å². The number of benzene rings is 1. The zero-order valence-electron chi connectivity index (χ0n) is 10.2. The largest absolute Gasteiger partial charge is 0.486 e. The fourth-order valence-electron chi connectivity index (χ4n) is 1.69. The molecule has 1 aromatic carbocycles. The molecule has 0 spiro atoms. The predicted molar refractivity (Wildman–Crippen MR) is 64.4 cm³/mol. The molecule has 1 aliphatic rings. The number of aryl methyl sites for hydroxylation is 1. The van der Waals surface area contributed by atoms with Crippen LogP contribution in [0.25, 0.3) is 0 Å². The molecule has 1 aliphatic heterocycles. The van der Waals surface area contributed by atoms with E-state index >= 15 is 0 Å². The Hall–Kier alpha value is -2.57. The maximum atomic E-state index is 11.8. The Balaban J connectivity index is 1.78. The molecule has 2 heterocycles. The van der Waals surface area contributed by atoms with E-state index in [9.17, 15) is 4.79 Å². The van der Waals surface area contributed by atoms with Crippen LogP contribution in [0.4, 0.5) is 5.69 Å². The van der Waals surface area contributed by atoms with Gasteiger partial charge in [-0.2, -0.15) is 0 Å². The Bertz CT molecular complexity index is 623. The second-order valence-electron chi connectivity index (χ2n) is 3.94. The minimum Gasteiger partial charge on any atom is -0.486 e. The summed E-state index contributed by atoms with van der Waals surface area (Å²) < 4.78 is 15.9. The van der Waals surface area contributed by atoms with Gasteiger partial charge in [-0.3, -0.25) is 4.79 Å². The van der Waals surface area contributed by atoms with Crippen molar-refractivity contribution >= 4 is 11.6 Å². The third-order valence-electron chi connectivity index (χ3n) is 2.52. The molecule has 7 heteroatoms.